The van der Waals surface area contributed by atoms with Gasteiger partial charge >= 0.3 is 0 Å². The Hall–Kier alpha value is -6.78. The van der Waals surface area contributed by atoms with Gasteiger partial charge in [-0.05, 0) is 91.3 Å². The van der Waals surface area contributed by atoms with Crippen LogP contribution >= 0.6 is 0 Å². The molecule has 0 amide bonds. The number of hydrogen-bond donors (Lipinski definition) is 0. The van der Waals surface area contributed by atoms with E-state index >= 15 is 0 Å². The summed E-state index contributed by atoms with van der Waals surface area (Å²) in [6.07, 6.45) is 7.29. The SMILES string of the molecule is c1ccc(-c2c3ccccc3c(-c3cccc(-c4nc(-c5cccnc5)cc(-c5ccccc5-c5ccncc5)n4)c3)c3ccccc23)cc1. The predicted octanol–water partition coefficient (Wildman–Crippen LogP) is 11.6. The summed E-state index contributed by atoms with van der Waals surface area (Å²) in [6.45, 7) is 0. The Balaban J connectivity index is 1.26. The number of rotatable bonds is 6. The van der Waals surface area contributed by atoms with Crippen LogP contribution in [0.5, 0.6) is 0 Å². The van der Waals surface area contributed by atoms with Crippen LogP contribution < -0.4 is 0 Å². The zero-order valence-corrected chi connectivity index (χ0v) is 27.1. The van der Waals surface area contributed by atoms with Crippen LogP contribution in [0.15, 0.2) is 183 Å². The molecule has 0 N–H and O–H groups in total. The first-order valence-electron chi connectivity index (χ1n) is 16.7. The smallest absolute Gasteiger partial charge is 0.160 e. The summed E-state index contributed by atoms with van der Waals surface area (Å²) in [5.74, 6) is 0.655. The highest BCUT2D eigenvalue weighted by Gasteiger charge is 2.18. The van der Waals surface area contributed by atoms with Gasteiger partial charge in [-0.1, -0.05) is 121 Å². The zero-order chi connectivity index (χ0) is 33.3. The van der Waals surface area contributed by atoms with Crippen LogP contribution in [0.4, 0.5) is 0 Å². The van der Waals surface area contributed by atoms with Crippen LogP contribution in [-0.4, -0.2) is 19.9 Å². The lowest BCUT2D eigenvalue weighted by molar-refractivity contribution is 1.18. The molecule has 0 fully saturated rings. The molecule has 0 radical (unpaired) electrons. The van der Waals surface area contributed by atoms with Crippen LogP contribution in [-0.2, 0) is 0 Å². The number of benzene rings is 6. The third-order valence-electron chi connectivity index (χ3n) is 9.28. The largest absolute Gasteiger partial charge is 0.265 e. The second-order valence-electron chi connectivity index (χ2n) is 12.3. The van der Waals surface area contributed by atoms with Crippen molar-refractivity contribution in [1.82, 2.24) is 19.9 Å². The number of nitrogens with zero attached hydrogens (tertiary/aromatic N) is 4. The molecular weight excluding hydrogens is 609 g/mol. The summed E-state index contributed by atoms with van der Waals surface area (Å²) in [4.78, 5) is 19.0. The van der Waals surface area contributed by atoms with E-state index in [2.05, 4.69) is 143 Å². The van der Waals surface area contributed by atoms with E-state index in [0.29, 0.717) is 5.82 Å². The summed E-state index contributed by atoms with van der Waals surface area (Å²) in [6, 6.07) is 55.3. The molecule has 0 spiro atoms. The molecule has 0 saturated carbocycles. The standard InChI is InChI=1S/C46H30N4/c1-2-12-32(13-3-1)44-38-19-6-8-21-40(38)45(41-22-9-7-20-39(41)44)33-14-10-15-34(28-33)46-49-42(35-16-11-25-48-30-35)29-43(50-46)37-18-5-4-17-36(37)31-23-26-47-27-24-31/h1-30H. The maximum absolute atomic E-state index is 5.25. The molecule has 6 aromatic carbocycles. The molecule has 0 unspecified atom stereocenters. The zero-order valence-electron chi connectivity index (χ0n) is 27.1. The fourth-order valence-corrected chi connectivity index (χ4v) is 7.04. The molecule has 0 bridgehead atoms. The molecule has 0 aliphatic heterocycles. The number of pyridine rings is 2. The molecule has 0 aliphatic rings. The lowest BCUT2D eigenvalue weighted by atomic mass is 9.85. The minimum absolute atomic E-state index is 0.655. The van der Waals surface area contributed by atoms with Crippen molar-refractivity contribution in [1.29, 1.82) is 0 Å². The Bertz CT molecular complexity index is 2580. The predicted molar refractivity (Wildman–Crippen MR) is 205 cm³/mol. The van der Waals surface area contributed by atoms with Crippen molar-refractivity contribution >= 4 is 21.5 Å². The quantitative estimate of drug-likeness (QED) is 0.170. The van der Waals surface area contributed by atoms with Crippen molar-refractivity contribution in [2.24, 2.45) is 0 Å². The Kier molecular flexibility index (Phi) is 7.45. The molecule has 0 saturated heterocycles. The fraction of sp³-hybridized carbons (Fsp3) is 0. The van der Waals surface area contributed by atoms with Gasteiger partial charge in [-0.2, -0.15) is 0 Å². The fourth-order valence-electron chi connectivity index (χ4n) is 7.04. The summed E-state index contributed by atoms with van der Waals surface area (Å²) in [5, 5.41) is 4.86. The van der Waals surface area contributed by atoms with E-state index in [1.165, 1.54) is 38.2 Å². The van der Waals surface area contributed by atoms with E-state index in [9.17, 15) is 0 Å². The van der Waals surface area contributed by atoms with Crippen molar-refractivity contribution < 1.29 is 0 Å². The van der Waals surface area contributed by atoms with Gasteiger partial charge in [0.25, 0.3) is 0 Å². The highest BCUT2D eigenvalue weighted by atomic mass is 14.9. The molecule has 0 aliphatic carbocycles. The van der Waals surface area contributed by atoms with Crippen molar-refractivity contribution in [2.75, 3.05) is 0 Å². The van der Waals surface area contributed by atoms with Gasteiger partial charge in [0.05, 0.1) is 11.4 Å². The van der Waals surface area contributed by atoms with Gasteiger partial charge in [0.15, 0.2) is 5.82 Å². The molecule has 4 nitrogen and oxygen atoms in total. The Morgan fingerprint density at radius 2 is 0.880 bits per heavy atom. The molecule has 9 aromatic rings. The van der Waals surface area contributed by atoms with E-state index in [4.69, 9.17) is 9.97 Å². The van der Waals surface area contributed by atoms with Crippen molar-refractivity contribution in [3.05, 3.63) is 183 Å². The Morgan fingerprint density at radius 1 is 0.320 bits per heavy atom. The normalized spacial score (nSPS) is 11.2. The van der Waals surface area contributed by atoms with E-state index in [0.717, 1.165) is 44.8 Å². The van der Waals surface area contributed by atoms with E-state index in [1.54, 1.807) is 6.20 Å². The third kappa shape index (κ3) is 5.29. The molecular formula is C46H30N4. The van der Waals surface area contributed by atoms with Gasteiger partial charge < -0.3 is 0 Å². The average molecular weight is 639 g/mol. The Morgan fingerprint density at radius 3 is 1.56 bits per heavy atom. The van der Waals surface area contributed by atoms with Crippen LogP contribution in [0.2, 0.25) is 0 Å². The summed E-state index contributed by atoms with van der Waals surface area (Å²) >= 11 is 0. The highest BCUT2D eigenvalue weighted by Crippen LogP contribution is 2.44. The minimum Gasteiger partial charge on any atom is -0.265 e. The molecule has 50 heavy (non-hydrogen) atoms. The molecule has 3 aromatic heterocycles. The molecule has 234 valence electrons. The first kappa shape index (κ1) is 29.4. The van der Waals surface area contributed by atoms with Crippen molar-refractivity contribution in [2.45, 2.75) is 0 Å². The third-order valence-corrected chi connectivity index (χ3v) is 9.28. The van der Waals surface area contributed by atoms with Gasteiger partial charge in [0.2, 0.25) is 0 Å². The number of hydrogen-bond acceptors (Lipinski definition) is 4. The van der Waals surface area contributed by atoms with E-state index < -0.39 is 0 Å². The van der Waals surface area contributed by atoms with Gasteiger partial charge in [-0.25, -0.2) is 9.97 Å². The molecule has 4 heteroatoms. The minimum atomic E-state index is 0.655. The maximum atomic E-state index is 5.25. The number of fused-ring (bicyclic) bond motifs is 2. The first-order chi connectivity index (χ1) is 24.8. The molecule has 9 rings (SSSR count). The van der Waals surface area contributed by atoms with Gasteiger partial charge in [-0.3, -0.25) is 9.97 Å². The van der Waals surface area contributed by atoms with Gasteiger partial charge in [0, 0.05) is 41.5 Å². The Labute approximate surface area is 290 Å². The highest BCUT2D eigenvalue weighted by molar-refractivity contribution is 6.21. The lowest BCUT2D eigenvalue weighted by Crippen LogP contribution is -1.97. The first-order valence-corrected chi connectivity index (χ1v) is 16.7. The van der Waals surface area contributed by atoms with Crippen LogP contribution in [0.3, 0.4) is 0 Å². The van der Waals surface area contributed by atoms with Crippen molar-refractivity contribution in [3.63, 3.8) is 0 Å². The second kappa shape index (κ2) is 12.7. The van der Waals surface area contributed by atoms with Crippen LogP contribution in [0.25, 0.3) is 88.8 Å². The summed E-state index contributed by atoms with van der Waals surface area (Å²) < 4.78 is 0. The lowest BCUT2D eigenvalue weighted by Gasteiger charge is -2.18. The maximum Gasteiger partial charge on any atom is 0.160 e. The van der Waals surface area contributed by atoms with Crippen LogP contribution in [0, 0.1) is 0 Å². The monoisotopic (exact) mass is 638 g/mol. The summed E-state index contributed by atoms with van der Waals surface area (Å²) in [7, 11) is 0. The molecule has 0 atom stereocenters. The van der Waals surface area contributed by atoms with Crippen molar-refractivity contribution in [3.8, 4) is 67.3 Å². The van der Waals surface area contributed by atoms with E-state index in [-0.39, 0.29) is 0 Å². The van der Waals surface area contributed by atoms with Crippen LogP contribution in [0.1, 0.15) is 0 Å². The topological polar surface area (TPSA) is 51.6 Å². The number of aromatic nitrogens is 4. The van der Waals surface area contributed by atoms with Gasteiger partial charge in [0.1, 0.15) is 0 Å². The second-order valence-corrected chi connectivity index (χ2v) is 12.3. The van der Waals surface area contributed by atoms with Gasteiger partial charge in [-0.15, -0.1) is 0 Å². The summed E-state index contributed by atoms with van der Waals surface area (Å²) in [5.41, 5.74) is 11.5. The average Bonchev–Trinajstić information content (AvgIpc) is 3.20. The van der Waals surface area contributed by atoms with E-state index in [1.807, 2.05) is 42.9 Å². The molecule has 3 heterocycles.